The van der Waals surface area contributed by atoms with Crippen LogP contribution in [0.3, 0.4) is 0 Å². The molecule has 0 spiro atoms. The lowest BCUT2D eigenvalue weighted by Crippen LogP contribution is -2.47. The van der Waals surface area contributed by atoms with Gasteiger partial charge in [0.05, 0.1) is 6.07 Å². The number of nitriles is 1. The Hall–Kier alpha value is -0.590. The van der Waals surface area contributed by atoms with Crippen LogP contribution >= 0.6 is 0 Å². The average Bonchev–Trinajstić information content (AvgIpc) is 2.30. The van der Waals surface area contributed by atoms with Gasteiger partial charge in [-0.15, -0.1) is 0 Å². The van der Waals surface area contributed by atoms with E-state index in [4.69, 9.17) is 0 Å². The zero-order valence-electron chi connectivity index (χ0n) is 12.2. The summed E-state index contributed by atoms with van der Waals surface area (Å²) < 4.78 is 0. The molecule has 0 rings (SSSR count). The Bertz CT molecular complexity index is 234. The van der Waals surface area contributed by atoms with E-state index < -0.39 is 5.54 Å². The van der Waals surface area contributed by atoms with Gasteiger partial charge in [0.15, 0.2) is 0 Å². The Morgan fingerprint density at radius 3 is 2.41 bits per heavy atom. The summed E-state index contributed by atoms with van der Waals surface area (Å²) in [6, 6.07) is 2.86. The fraction of sp³-hybridized carbons (Fsp3) is 0.929. The highest BCUT2D eigenvalue weighted by Crippen LogP contribution is 2.16. The van der Waals surface area contributed by atoms with E-state index in [0.29, 0.717) is 6.04 Å². The van der Waals surface area contributed by atoms with Gasteiger partial charge in [-0.3, -0.25) is 5.32 Å². The van der Waals surface area contributed by atoms with Gasteiger partial charge in [-0.1, -0.05) is 27.2 Å². The van der Waals surface area contributed by atoms with E-state index in [1.54, 1.807) is 0 Å². The minimum absolute atomic E-state index is 0.395. The zero-order valence-corrected chi connectivity index (χ0v) is 12.2. The van der Waals surface area contributed by atoms with Crippen LogP contribution < -0.4 is 5.32 Å². The number of hydrogen-bond acceptors (Lipinski definition) is 3. The topological polar surface area (TPSA) is 39.1 Å². The van der Waals surface area contributed by atoms with Gasteiger partial charge in [-0.05, 0) is 46.3 Å². The molecular formula is C14H29N3. The fourth-order valence-electron chi connectivity index (χ4n) is 2.32. The summed E-state index contributed by atoms with van der Waals surface area (Å²) in [5.41, 5.74) is -0.395. The normalized spacial score (nSPS) is 16.5. The number of hydrogen-bond donors (Lipinski definition) is 1. The summed E-state index contributed by atoms with van der Waals surface area (Å²) in [4.78, 5) is 2.47. The van der Waals surface area contributed by atoms with Crippen LogP contribution in [0.4, 0.5) is 0 Å². The van der Waals surface area contributed by atoms with Crippen molar-refractivity contribution in [2.24, 2.45) is 0 Å². The number of nitrogens with one attached hydrogen (secondary N) is 1. The van der Waals surface area contributed by atoms with Crippen molar-refractivity contribution in [3.63, 3.8) is 0 Å². The van der Waals surface area contributed by atoms with Crippen molar-refractivity contribution >= 4 is 0 Å². The van der Waals surface area contributed by atoms with Gasteiger partial charge in [-0.2, -0.15) is 5.26 Å². The van der Waals surface area contributed by atoms with Crippen LogP contribution in [0.2, 0.25) is 0 Å². The summed E-state index contributed by atoms with van der Waals surface area (Å²) in [6.07, 6.45) is 3.35. The van der Waals surface area contributed by atoms with Crippen LogP contribution in [0.1, 0.15) is 53.9 Å². The molecule has 0 fully saturated rings. The van der Waals surface area contributed by atoms with Gasteiger partial charge in [-0.25, -0.2) is 0 Å². The number of unbranched alkanes of at least 4 members (excludes halogenated alkanes) is 1. The minimum Gasteiger partial charge on any atom is -0.301 e. The molecule has 0 aliphatic rings. The molecule has 0 saturated carbocycles. The largest absolute Gasteiger partial charge is 0.301 e. The summed E-state index contributed by atoms with van der Waals surface area (Å²) in [5, 5.41) is 12.6. The molecule has 0 bridgehead atoms. The predicted octanol–water partition coefficient (Wildman–Crippen LogP) is 2.78. The Morgan fingerprint density at radius 1 is 1.35 bits per heavy atom. The Morgan fingerprint density at radius 2 is 2.00 bits per heavy atom. The van der Waals surface area contributed by atoms with Crippen LogP contribution in [0.15, 0.2) is 0 Å². The van der Waals surface area contributed by atoms with Gasteiger partial charge < -0.3 is 4.90 Å². The van der Waals surface area contributed by atoms with Crippen molar-refractivity contribution in [1.82, 2.24) is 10.2 Å². The molecule has 0 radical (unpaired) electrons. The Labute approximate surface area is 107 Å². The van der Waals surface area contributed by atoms with Gasteiger partial charge in [0.2, 0.25) is 0 Å². The van der Waals surface area contributed by atoms with Gasteiger partial charge in [0, 0.05) is 6.04 Å². The van der Waals surface area contributed by atoms with Crippen molar-refractivity contribution in [3.8, 4) is 6.07 Å². The first-order valence-corrected chi connectivity index (χ1v) is 6.93. The molecule has 0 aromatic carbocycles. The molecule has 3 nitrogen and oxygen atoms in total. The first-order chi connectivity index (χ1) is 8.02. The fourth-order valence-corrected chi connectivity index (χ4v) is 2.32. The third kappa shape index (κ3) is 6.05. The first-order valence-electron chi connectivity index (χ1n) is 6.93. The minimum atomic E-state index is -0.395. The second-order valence-corrected chi connectivity index (χ2v) is 5.01. The van der Waals surface area contributed by atoms with E-state index in [1.807, 2.05) is 6.92 Å². The van der Waals surface area contributed by atoms with Crippen LogP contribution in [0.5, 0.6) is 0 Å². The van der Waals surface area contributed by atoms with Crippen LogP contribution in [-0.4, -0.2) is 36.1 Å². The lowest BCUT2D eigenvalue weighted by molar-refractivity contribution is 0.182. The molecular weight excluding hydrogens is 210 g/mol. The predicted molar refractivity (Wildman–Crippen MR) is 73.9 cm³/mol. The lowest BCUT2D eigenvalue weighted by Gasteiger charge is -2.33. The molecule has 0 aliphatic heterocycles. The first kappa shape index (κ1) is 16.4. The summed E-state index contributed by atoms with van der Waals surface area (Å²) in [5.74, 6) is 0. The van der Waals surface area contributed by atoms with E-state index in [-0.39, 0.29) is 0 Å². The SMILES string of the molecule is CCCCN(CC)C(C)CC(C)(C#N)NCC. The molecule has 0 saturated heterocycles. The second-order valence-electron chi connectivity index (χ2n) is 5.01. The monoisotopic (exact) mass is 239 g/mol. The standard InChI is InChI=1S/C14H29N3/c1-6-9-10-17(8-3)13(4)11-14(5,12-15)16-7-2/h13,16H,6-11H2,1-5H3. The van der Waals surface area contributed by atoms with Gasteiger partial charge in [0.1, 0.15) is 5.54 Å². The Balaban J connectivity index is 4.37. The van der Waals surface area contributed by atoms with E-state index in [0.717, 1.165) is 26.1 Å². The van der Waals surface area contributed by atoms with Crippen LogP contribution in [0.25, 0.3) is 0 Å². The number of nitrogens with zero attached hydrogens (tertiary/aromatic N) is 2. The molecule has 0 aromatic rings. The summed E-state index contributed by atoms with van der Waals surface area (Å²) in [7, 11) is 0. The van der Waals surface area contributed by atoms with Crippen molar-refractivity contribution in [2.45, 2.75) is 65.5 Å². The van der Waals surface area contributed by atoms with Crippen molar-refractivity contribution in [1.29, 1.82) is 5.26 Å². The van der Waals surface area contributed by atoms with E-state index in [2.05, 4.69) is 44.0 Å². The van der Waals surface area contributed by atoms with E-state index >= 15 is 0 Å². The molecule has 0 amide bonds. The quantitative estimate of drug-likeness (QED) is 0.672. The molecule has 17 heavy (non-hydrogen) atoms. The molecule has 0 aliphatic carbocycles. The highest BCUT2D eigenvalue weighted by atomic mass is 15.1. The maximum atomic E-state index is 9.26. The number of rotatable bonds is 9. The average molecular weight is 239 g/mol. The summed E-state index contributed by atoms with van der Waals surface area (Å²) >= 11 is 0. The molecule has 3 heteroatoms. The van der Waals surface area contributed by atoms with Gasteiger partial charge >= 0.3 is 0 Å². The smallest absolute Gasteiger partial charge is 0.105 e. The molecule has 1 N–H and O–H groups in total. The maximum absolute atomic E-state index is 9.26. The molecule has 100 valence electrons. The maximum Gasteiger partial charge on any atom is 0.105 e. The lowest BCUT2D eigenvalue weighted by atomic mass is 9.94. The van der Waals surface area contributed by atoms with Crippen molar-refractivity contribution in [3.05, 3.63) is 0 Å². The molecule has 2 unspecified atom stereocenters. The highest BCUT2D eigenvalue weighted by Gasteiger charge is 2.27. The van der Waals surface area contributed by atoms with E-state index in [9.17, 15) is 5.26 Å². The zero-order chi connectivity index (χ0) is 13.3. The van der Waals surface area contributed by atoms with Crippen molar-refractivity contribution in [2.75, 3.05) is 19.6 Å². The van der Waals surface area contributed by atoms with Crippen molar-refractivity contribution < 1.29 is 0 Å². The highest BCUT2D eigenvalue weighted by molar-refractivity contribution is 5.05. The third-order valence-corrected chi connectivity index (χ3v) is 3.35. The van der Waals surface area contributed by atoms with Gasteiger partial charge in [0.25, 0.3) is 0 Å². The molecule has 0 heterocycles. The Kier molecular flexibility index (Phi) is 8.20. The van der Waals surface area contributed by atoms with E-state index in [1.165, 1.54) is 12.8 Å². The molecule has 0 aromatic heterocycles. The third-order valence-electron chi connectivity index (χ3n) is 3.35. The van der Waals surface area contributed by atoms with Crippen LogP contribution in [-0.2, 0) is 0 Å². The summed E-state index contributed by atoms with van der Waals surface area (Å²) in [6.45, 7) is 13.7. The molecule has 2 atom stereocenters. The second kappa shape index (κ2) is 8.49. The van der Waals surface area contributed by atoms with Crippen LogP contribution in [0, 0.1) is 11.3 Å².